The van der Waals surface area contributed by atoms with Gasteiger partial charge in [0, 0.05) is 11.4 Å². The smallest absolute Gasteiger partial charge is 0.268 e. The molecule has 0 aromatic carbocycles. The molecule has 0 aliphatic carbocycles. The van der Waals surface area contributed by atoms with E-state index >= 15 is 0 Å². The standard InChI is InChI=1S/C15H16N2O2S/c1-3-17-12-7-10(2)20-14(12)8-13(17)15(18)16-9-11-5-4-6-19-11/h4-8H,3,9H2,1-2H3,(H,16,18). The van der Waals surface area contributed by atoms with Crippen molar-refractivity contribution in [3.63, 3.8) is 0 Å². The Balaban J connectivity index is 1.85. The van der Waals surface area contributed by atoms with E-state index in [4.69, 9.17) is 4.42 Å². The number of amides is 1. The Kier molecular flexibility index (Phi) is 3.36. The van der Waals surface area contributed by atoms with Gasteiger partial charge in [0.25, 0.3) is 5.91 Å². The SMILES string of the molecule is CCn1c(C(=O)NCc2ccco2)cc2sc(C)cc21. The Labute approximate surface area is 121 Å². The number of nitrogens with zero attached hydrogens (tertiary/aromatic N) is 1. The molecule has 0 bridgehead atoms. The van der Waals surface area contributed by atoms with Crippen LogP contribution in [-0.4, -0.2) is 10.5 Å². The molecule has 0 radical (unpaired) electrons. The van der Waals surface area contributed by atoms with Gasteiger partial charge < -0.3 is 14.3 Å². The van der Waals surface area contributed by atoms with E-state index in [2.05, 4.69) is 29.8 Å². The quantitative estimate of drug-likeness (QED) is 0.798. The van der Waals surface area contributed by atoms with Crippen LogP contribution in [-0.2, 0) is 13.1 Å². The maximum Gasteiger partial charge on any atom is 0.268 e. The third kappa shape index (κ3) is 2.25. The van der Waals surface area contributed by atoms with E-state index in [0.717, 1.165) is 22.5 Å². The monoisotopic (exact) mass is 288 g/mol. The van der Waals surface area contributed by atoms with Gasteiger partial charge in [-0.15, -0.1) is 11.3 Å². The molecular weight excluding hydrogens is 272 g/mol. The maximum absolute atomic E-state index is 12.3. The number of carbonyl (C=O) groups is 1. The van der Waals surface area contributed by atoms with E-state index in [9.17, 15) is 4.79 Å². The van der Waals surface area contributed by atoms with Gasteiger partial charge in [0.1, 0.15) is 11.5 Å². The highest BCUT2D eigenvalue weighted by Crippen LogP contribution is 2.28. The third-order valence-corrected chi connectivity index (χ3v) is 4.25. The molecule has 3 heterocycles. The van der Waals surface area contributed by atoms with Gasteiger partial charge in [-0.05, 0) is 38.1 Å². The number of aromatic nitrogens is 1. The van der Waals surface area contributed by atoms with Crippen LogP contribution in [0.5, 0.6) is 0 Å². The Hall–Kier alpha value is -2.01. The molecule has 0 aliphatic rings. The lowest BCUT2D eigenvalue weighted by molar-refractivity contribution is 0.0939. The molecule has 0 spiro atoms. The second-order valence-electron chi connectivity index (χ2n) is 4.64. The molecule has 4 nitrogen and oxygen atoms in total. The Morgan fingerprint density at radius 2 is 2.30 bits per heavy atom. The van der Waals surface area contributed by atoms with Crippen LogP contribution in [0.4, 0.5) is 0 Å². The summed E-state index contributed by atoms with van der Waals surface area (Å²) in [5.74, 6) is 0.690. The minimum atomic E-state index is -0.0655. The highest BCUT2D eigenvalue weighted by atomic mass is 32.1. The van der Waals surface area contributed by atoms with Crippen molar-refractivity contribution in [2.75, 3.05) is 0 Å². The second-order valence-corrected chi connectivity index (χ2v) is 5.93. The first kappa shape index (κ1) is 13.0. The fraction of sp³-hybridized carbons (Fsp3) is 0.267. The maximum atomic E-state index is 12.3. The van der Waals surface area contributed by atoms with Crippen LogP contribution < -0.4 is 5.32 Å². The highest BCUT2D eigenvalue weighted by Gasteiger charge is 2.16. The lowest BCUT2D eigenvalue weighted by atomic mass is 10.3. The van der Waals surface area contributed by atoms with Crippen molar-refractivity contribution >= 4 is 27.5 Å². The van der Waals surface area contributed by atoms with E-state index < -0.39 is 0 Å². The second kappa shape index (κ2) is 5.17. The summed E-state index contributed by atoms with van der Waals surface area (Å²) in [6, 6.07) is 7.76. The van der Waals surface area contributed by atoms with Gasteiger partial charge in [-0.3, -0.25) is 4.79 Å². The number of hydrogen-bond donors (Lipinski definition) is 1. The summed E-state index contributed by atoms with van der Waals surface area (Å²) < 4.78 is 8.43. The molecule has 0 atom stereocenters. The first-order valence-corrected chi connectivity index (χ1v) is 7.41. The fourth-order valence-electron chi connectivity index (χ4n) is 2.36. The lowest BCUT2D eigenvalue weighted by Gasteiger charge is -2.07. The molecular formula is C15H16N2O2S. The van der Waals surface area contributed by atoms with Crippen molar-refractivity contribution in [1.82, 2.24) is 9.88 Å². The van der Waals surface area contributed by atoms with Gasteiger partial charge in [-0.25, -0.2) is 0 Å². The molecule has 0 saturated carbocycles. The van der Waals surface area contributed by atoms with E-state index in [1.54, 1.807) is 17.6 Å². The van der Waals surface area contributed by atoms with Crippen LogP contribution in [0, 0.1) is 6.92 Å². The molecule has 20 heavy (non-hydrogen) atoms. The zero-order valence-corrected chi connectivity index (χ0v) is 12.3. The van der Waals surface area contributed by atoms with E-state index in [0.29, 0.717) is 12.2 Å². The van der Waals surface area contributed by atoms with Gasteiger partial charge in [0.2, 0.25) is 0 Å². The van der Waals surface area contributed by atoms with Crippen molar-refractivity contribution in [2.24, 2.45) is 0 Å². The highest BCUT2D eigenvalue weighted by molar-refractivity contribution is 7.19. The largest absolute Gasteiger partial charge is 0.467 e. The molecule has 0 saturated heterocycles. The van der Waals surface area contributed by atoms with Gasteiger partial charge in [0.05, 0.1) is 23.0 Å². The summed E-state index contributed by atoms with van der Waals surface area (Å²) in [7, 11) is 0. The average Bonchev–Trinajstić information content (AvgIpc) is 3.10. The normalized spacial score (nSPS) is 11.1. The molecule has 1 N–H and O–H groups in total. The summed E-state index contributed by atoms with van der Waals surface area (Å²) in [6.45, 7) is 5.33. The molecule has 104 valence electrons. The predicted octanol–water partition coefficient (Wildman–Crippen LogP) is 3.55. The molecule has 0 fully saturated rings. The average molecular weight is 288 g/mol. The zero-order valence-electron chi connectivity index (χ0n) is 11.5. The first-order valence-electron chi connectivity index (χ1n) is 6.59. The zero-order chi connectivity index (χ0) is 14.1. The minimum absolute atomic E-state index is 0.0655. The van der Waals surface area contributed by atoms with E-state index in [1.807, 2.05) is 18.2 Å². The molecule has 5 heteroatoms. The third-order valence-electron chi connectivity index (χ3n) is 3.26. The van der Waals surface area contributed by atoms with Crippen molar-refractivity contribution in [2.45, 2.75) is 26.9 Å². The minimum Gasteiger partial charge on any atom is -0.467 e. The van der Waals surface area contributed by atoms with Crippen LogP contribution in [0.25, 0.3) is 10.2 Å². The molecule has 0 aliphatic heterocycles. The number of fused-ring (bicyclic) bond motifs is 1. The first-order chi connectivity index (χ1) is 9.69. The summed E-state index contributed by atoms with van der Waals surface area (Å²) in [6.07, 6.45) is 1.61. The van der Waals surface area contributed by atoms with Crippen LogP contribution in [0.3, 0.4) is 0 Å². The number of furan rings is 1. The Morgan fingerprint density at radius 1 is 1.45 bits per heavy atom. The molecule has 3 aromatic rings. The van der Waals surface area contributed by atoms with Crippen LogP contribution in [0.2, 0.25) is 0 Å². The van der Waals surface area contributed by atoms with Crippen LogP contribution >= 0.6 is 11.3 Å². The van der Waals surface area contributed by atoms with E-state index in [1.165, 1.54) is 4.88 Å². The topological polar surface area (TPSA) is 47.2 Å². The number of rotatable bonds is 4. The van der Waals surface area contributed by atoms with Gasteiger partial charge >= 0.3 is 0 Å². The number of aryl methyl sites for hydroxylation is 2. The van der Waals surface area contributed by atoms with Crippen LogP contribution in [0.1, 0.15) is 28.0 Å². The fourth-order valence-corrected chi connectivity index (χ4v) is 3.33. The summed E-state index contributed by atoms with van der Waals surface area (Å²) in [4.78, 5) is 13.6. The van der Waals surface area contributed by atoms with Crippen LogP contribution in [0.15, 0.2) is 34.9 Å². The number of carbonyl (C=O) groups excluding carboxylic acids is 1. The summed E-state index contributed by atoms with van der Waals surface area (Å²) in [5.41, 5.74) is 1.85. The van der Waals surface area contributed by atoms with Crippen molar-refractivity contribution in [1.29, 1.82) is 0 Å². The molecule has 3 aromatic heterocycles. The van der Waals surface area contributed by atoms with Crippen molar-refractivity contribution in [3.05, 3.63) is 46.9 Å². The van der Waals surface area contributed by atoms with Crippen molar-refractivity contribution < 1.29 is 9.21 Å². The van der Waals surface area contributed by atoms with E-state index in [-0.39, 0.29) is 5.91 Å². The van der Waals surface area contributed by atoms with Gasteiger partial charge in [0.15, 0.2) is 0 Å². The lowest BCUT2D eigenvalue weighted by Crippen LogP contribution is -2.25. The van der Waals surface area contributed by atoms with Crippen molar-refractivity contribution in [3.8, 4) is 0 Å². The predicted molar refractivity (Wildman–Crippen MR) is 80.1 cm³/mol. The van der Waals surface area contributed by atoms with Gasteiger partial charge in [-0.1, -0.05) is 0 Å². The number of thiophene rings is 1. The summed E-state index contributed by atoms with van der Waals surface area (Å²) in [5, 5.41) is 2.89. The molecule has 3 rings (SSSR count). The summed E-state index contributed by atoms with van der Waals surface area (Å²) >= 11 is 1.72. The van der Waals surface area contributed by atoms with Gasteiger partial charge in [-0.2, -0.15) is 0 Å². The Morgan fingerprint density at radius 3 is 3.00 bits per heavy atom. The number of hydrogen-bond acceptors (Lipinski definition) is 3. The molecule has 1 amide bonds. The Bertz CT molecular complexity index is 737. The molecule has 0 unspecified atom stereocenters. The number of nitrogens with one attached hydrogen (secondary N) is 1.